The first-order chi connectivity index (χ1) is 15.1. The smallest absolute Gasteiger partial charge is 0.191 e. The van der Waals surface area contributed by atoms with Gasteiger partial charge in [0.05, 0.1) is 12.2 Å². The molecule has 0 saturated carbocycles. The largest absolute Gasteiger partial charge is 0.377 e. The zero-order valence-electron chi connectivity index (χ0n) is 18.5. The maximum atomic E-state index is 5.13. The number of hydrogen-bond acceptors (Lipinski definition) is 6. The summed E-state index contributed by atoms with van der Waals surface area (Å²) >= 11 is 0. The lowest BCUT2D eigenvalue weighted by Gasteiger charge is -2.25. The van der Waals surface area contributed by atoms with Crippen molar-refractivity contribution < 1.29 is 4.74 Å². The lowest BCUT2D eigenvalue weighted by atomic mass is 10.1. The van der Waals surface area contributed by atoms with Crippen LogP contribution in [0.25, 0.3) is 5.82 Å². The zero-order valence-corrected chi connectivity index (χ0v) is 18.5. The molecule has 31 heavy (non-hydrogen) atoms. The standard InChI is InChI=1S/C21H29N9O/c1-14-9-15(2)30(27-14)19-7-5-16(10-23-19)11-24-21(22-3)25-17-6-8-20-26-18(13-31-4)28-29(20)12-17/h5,7,9-10,17H,6,8,11-13H2,1-4H3,(H2,22,24,25). The summed E-state index contributed by atoms with van der Waals surface area (Å²) in [5.41, 5.74) is 3.12. The molecule has 0 radical (unpaired) electrons. The van der Waals surface area contributed by atoms with Gasteiger partial charge in [0.1, 0.15) is 12.4 Å². The predicted molar refractivity (Wildman–Crippen MR) is 117 cm³/mol. The van der Waals surface area contributed by atoms with Crippen molar-refractivity contribution in [1.82, 2.24) is 40.2 Å². The molecule has 3 aromatic rings. The molecule has 0 fully saturated rings. The van der Waals surface area contributed by atoms with Crippen LogP contribution in [0.2, 0.25) is 0 Å². The molecule has 10 heteroatoms. The Morgan fingerprint density at radius 2 is 2.16 bits per heavy atom. The van der Waals surface area contributed by atoms with Crippen LogP contribution < -0.4 is 10.6 Å². The highest BCUT2D eigenvalue weighted by atomic mass is 16.5. The Kier molecular flexibility index (Phi) is 6.26. The number of fused-ring (bicyclic) bond motifs is 1. The summed E-state index contributed by atoms with van der Waals surface area (Å²) in [4.78, 5) is 13.4. The van der Waals surface area contributed by atoms with Crippen LogP contribution in [0.3, 0.4) is 0 Å². The molecule has 164 valence electrons. The van der Waals surface area contributed by atoms with E-state index < -0.39 is 0 Å². The quantitative estimate of drug-likeness (QED) is 0.455. The van der Waals surface area contributed by atoms with E-state index in [-0.39, 0.29) is 6.04 Å². The van der Waals surface area contributed by atoms with Gasteiger partial charge in [-0.1, -0.05) is 6.07 Å². The summed E-state index contributed by atoms with van der Waals surface area (Å²) in [5.74, 6) is 3.32. The van der Waals surface area contributed by atoms with Crippen molar-refractivity contribution in [3.05, 3.63) is 53.0 Å². The van der Waals surface area contributed by atoms with Gasteiger partial charge in [-0.2, -0.15) is 10.2 Å². The van der Waals surface area contributed by atoms with Crippen LogP contribution in [0, 0.1) is 13.8 Å². The molecule has 0 aliphatic carbocycles. The van der Waals surface area contributed by atoms with Gasteiger partial charge in [-0.05, 0) is 38.0 Å². The first-order valence-corrected chi connectivity index (χ1v) is 10.4. The Hall–Kier alpha value is -3.27. The van der Waals surface area contributed by atoms with Crippen molar-refractivity contribution in [3.63, 3.8) is 0 Å². The van der Waals surface area contributed by atoms with E-state index in [9.17, 15) is 0 Å². The Morgan fingerprint density at radius 3 is 2.84 bits per heavy atom. The van der Waals surface area contributed by atoms with E-state index in [1.165, 1.54) is 0 Å². The fourth-order valence-electron chi connectivity index (χ4n) is 3.75. The normalized spacial score (nSPS) is 16.3. The minimum absolute atomic E-state index is 0.238. The lowest BCUT2D eigenvalue weighted by molar-refractivity contribution is 0.177. The van der Waals surface area contributed by atoms with E-state index >= 15 is 0 Å². The van der Waals surface area contributed by atoms with Gasteiger partial charge >= 0.3 is 0 Å². The van der Waals surface area contributed by atoms with Crippen LogP contribution in [0.4, 0.5) is 0 Å². The van der Waals surface area contributed by atoms with Crippen molar-refractivity contribution in [3.8, 4) is 5.82 Å². The van der Waals surface area contributed by atoms with Crippen LogP contribution in [-0.4, -0.2) is 55.7 Å². The summed E-state index contributed by atoms with van der Waals surface area (Å²) in [7, 11) is 3.43. The Bertz CT molecular complexity index is 1050. The van der Waals surface area contributed by atoms with Crippen molar-refractivity contribution >= 4 is 5.96 Å². The molecule has 10 nitrogen and oxygen atoms in total. The first-order valence-electron chi connectivity index (χ1n) is 10.4. The highest BCUT2D eigenvalue weighted by molar-refractivity contribution is 5.79. The maximum absolute atomic E-state index is 5.13. The minimum Gasteiger partial charge on any atom is -0.377 e. The monoisotopic (exact) mass is 423 g/mol. The first kappa shape index (κ1) is 21.0. The number of pyridine rings is 1. The summed E-state index contributed by atoms with van der Waals surface area (Å²) in [6.07, 6.45) is 3.72. The molecular weight excluding hydrogens is 394 g/mol. The predicted octanol–water partition coefficient (Wildman–Crippen LogP) is 1.30. The molecule has 0 saturated heterocycles. The second-order valence-corrected chi connectivity index (χ2v) is 7.73. The number of methoxy groups -OCH3 is 1. The minimum atomic E-state index is 0.238. The molecule has 2 N–H and O–H groups in total. The molecule has 4 heterocycles. The average molecular weight is 424 g/mol. The number of nitrogens with one attached hydrogen (secondary N) is 2. The summed E-state index contributed by atoms with van der Waals surface area (Å²) in [6, 6.07) is 6.32. The maximum Gasteiger partial charge on any atom is 0.191 e. The van der Waals surface area contributed by atoms with Crippen molar-refractivity contribution in [2.45, 2.75) is 52.4 Å². The van der Waals surface area contributed by atoms with Crippen LogP contribution in [0.5, 0.6) is 0 Å². The topological polar surface area (TPSA) is 107 Å². The van der Waals surface area contributed by atoms with Crippen LogP contribution in [0.1, 0.15) is 35.0 Å². The van der Waals surface area contributed by atoms with E-state index in [0.717, 1.165) is 59.8 Å². The number of hydrogen-bond donors (Lipinski definition) is 2. The van der Waals surface area contributed by atoms with Gasteiger partial charge in [-0.3, -0.25) is 4.99 Å². The third-order valence-corrected chi connectivity index (χ3v) is 5.24. The van der Waals surface area contributed by atoms with Crippen LogP contribution in [-0.2, 0) is 30.9 Å². The second kappa shape index (κ2) is 9.25. The van der Waals surface area contributed by atoms with Crippen molar-refractivity contribution in [2.24, 2.45) is 4.99 Å². The third-order valence-electron chi connectivity index (χ3n) is 5.24. The van der Waals surface area contributed by atoms with E-state index in [2.05, 4.69) is 41.9 Å². The van der Waals surface area contributed by atoms with Gasteiger partial charge in [-0.15, -0.1) is 0 Å². The van der Waals surface area contributed by atoms with E-state index in [0.29, 0.717) is 13.2 Å². The molecule has 0 aromatic carbocycles. The number of aryl methyl sites for hydroxylation is 3. The van der Waals surface area contributed by atoms with E-state index in [1.807, 2.05) is 41.5 Å². The summed E-state index contributed by atoms with van der Waals surface area (Å²) in [5, 5.41) is 15.9. The Labute approximate surface area is 181 Å². The van der Waals surface area contributed by atoms with Crippen LogP contribution in [0.15, 0.2) is 29.4 Å². The molecule has 0 spiro atoms. The number of aliphatic imine (C=N–C) groups is 1. The molecule has 4 rings (SSSR count). The highest BCUT2D eigenvalue weighted by Gasteiger charge is 2.22. The number of rotatable bonds is 6. The summed E-state index contributed by atoms with van der Waals surface area (Å²) < 4.78 is 8.95. The average Bonchev–Trinajstić information content (AvgIpc) is 3.32. The van der Waals surface area contributed by atoms with Gasteiger partial charge in [0.25, 0.3) is 0 Å². The molecular formula is C21H29N9O. The number of ether oxygens (including phenoxy) is 1. The third kappa shape index (κ3) is 4.91. The number of guanidine groups is 1. The Balaban J connectivity index is 1.32. The Morgan fingerprint density at radius 1 is 1.29 bits per heavy atom. The van der Waals surface area contributed by atoms with Gasteiger partial charge in [0, 0.05) is 45.1 Å². The molecule has 1 unspecified atom stereocenters. The molecule has 0 bridgehead atoms. The van der Waals surface area contributed by atoms with Crippen molar-refractivity contribution in [1.29, 1.82) is 0 Å². The van der Waals surface area contributed by atoms with Crippen molar-refractivity contribution in [2.75, 3.05) is 14.2 Å². The fourth-order valence-corrected chi connectivity index (χ4v) is 3.75. The highest BCUT2D eigenvalue weighted by Crippen LogP contribution is 2.14. The molecule has 3 aromatic heterocycles. The van der Waals surface area contributed by atoms with Gasteiger partial charge in [0.15, 0.2) is 17.6 Å². The number of nitrogens with zero attached hydrogens (tertiary/aromatic N) is 7. The molecule has 1 atom stereocenters. The van der Waals surface area contributed by atoms with Gasteiger partial charge in [-0.25, -0.2) is 19.3 Å². The molecule has 0 amide bonds. The van der Waals surface area contributed by atoms with E-state index in [1.54, 1.807) is 14.2 Å². The van der Waals surface area contributed by atoms with Crippen LogP contribution >= 0.6 is 0 Å². The molecule has 1 aliphatic rings. The van der Waals surface area contributed by atoms with Gasteiger partial charge in [0.2, 0.25) is 0 Å². The SMILES string of the molecule is CN=C(NCc1ccc(-n2nc(C)cc2C)nc1)NC1CCc2nc(COC)nn2C1. The van der Waals surface area contributed by atoms with E-state index in [4.69, 9.17) is 4.74 Å². The number of aromatic nitrogens is 6. The molecule has 1 aliphatic heterocycles. The van der Waals surface area contributed by atoms with Gasteiger partial charge < -0.3 is 15.4 Å². The second-order valence-electron chi connectivity index (χ2n) is 7.73. The fraction of sp³-hybridized carbons (Fsp3) is 0.476. The zero-order chi connectivity index (χ0) is 21.8. The lowest BCUT2D eigenvalue weighted by Crippen LogP contribution is -2.46. The summed E-state index contributed by atoms with van der Waals surface area (Å²) in [6.45, 7) is 5.83.